The maximum absolute atomic E-state index is 15.3. The lowest BCUT2D eigenvalue weighted by Crippen LogP contribution is -2.97. The van der Waals surface area contributed by atoms with Crippen LogP contribution in [0.25, 0.3) is 0 Å². The molecule has 1 saturated heterocycles. The lowest BCUT2D eigenvalue weighted by Gasteiger charge is -2.83. The fourth-order valence-corrected chi connectivity index (χ4v) is 12.1. The predicted molar refractivity (Wildman–Crippen MR) is 215 cm³/mol. The van der Waals surface area contributed by atoms with Gasteiger partial charge in [0.15, 0.2) is 23.6 Å². The average molecular weight is 845 g/mol. The van der Waals surface area contributed by atoms with Crippen LogP contribution in [-0.2, 0) is 52.4 Å². The number of ketones is 1. The van der Waals surface area contributed by atoms with Gasteiger partial charge in [0, 0.05) is 31.6 Å². The zero-order valence-corrected chi connectivity index (χ0v) is 36.1. The van der Waals surface area contributed by atoms with Gasteiger partial charge in [-0.2, -0.15) is 0 Å². The molecule has 5 fully saturated rings. The molecule has 6 aliphatic rings. The average Bonchev–Trinajstić information content (AvgIpc) is 3.93. The lowest BCUT2D eigenvalue weighted by atomic mass is 9.23. The van der Waals surface area contributed by atoms with Gasteiger partial charge in [-0.25, -0.2) is 9.59 Å². The molecule has 0 aromatic heterocycles. The van der Waals surface area contributed by atoms with Crippen molar-refractivity contribution in [2.75, 3.05) is 6.61 Å². The van der Waals surface area contributed by atoms with E-state index in [9.17, 15) is 34.2 Å². The van der Waals surface area contributed by atoms with Crippen LogP contribution in [0.5, 0.6) is 0 Å². The van der Waals surface area contributed by atoms with Crippen molar-refractivity contribution < 1.29 is 67.4 Å². The number of hydrogen-bond acceptors (Lipinski definition) is 14. The second-order valence-electron chi connectivity index (χ2n) is 18.2. The first-order valence-electron chi connectivity index (χ1n) is 21.1. The van der Waals surface area contributed by atoms with Crippen LogP contribution in [0, 0.1) is 22.2 Å². The van der Waals surface area contributed by atoms with Crippen molar-refractivity contribution in [1.29, 1.82) is 0 Å². The van der Waals surface area contributed by atoms with Gasteiger partial charge in [-0.05, 0) is 75.3 Å². The summed E-state index contributed by atoms with van der Waals surface area (Å²) in [5.41, 5.74) is -8.11. The van der Waals surface area contributed by atoms with Crippen LogP contribution in [0.1, 0.15) is 110 Å². The van der Waals surface area contributed by atoms with E-state index in [1.807, 2.05) is 13.8 Å². The molecule has 5 aliphatic carbocycles. The Hall–Kier alpha value is -4.92. The van der Waals surface area contributed by atoms with Gasteiger partial charge in [0.05, 0.1) is 29.4 Å². The number of esters is 5. The number of fused-ring (bicyclic) bond motifs is 1. The lowest BCUT2D eigenvalue weighted by molar-refractivity contribution is -0.452. The molecule has 14 nitrogen and oxygen atoms in total. The minimum absolute atomic E-state index is 0.134. The second kappa shape index (κ2) is 15.2. The van der Waals surface area contributed by atoms with Crippen LogP contribution < -0.4 is 0 Å². The summed E-state index contributed by atoms with van der Waals surface area (Å²) in [5.74, 6) is -6.01. The van der Waals surface area contributed by atoms with Crippen molar-refractivity contribution in [2.45, 2.75) is 141 Å². The van der Waals surface area contributed by atoms with E-state index in [-0.39, 0.29) is 42.1 Å². The van der Waals surface area contributed by atoms with Gasteiger partial charge in [-0.15, -0.1) is 0 Å². The Balaban J connectivity index is 0.00000277. The quantitative estimate of drug-likeness (QED) is 0.182. The summed E-state index contributed by atoms with van der Waals surface area (Å²) in [6.45, 7) is 14.7. The first kappa shape index (κ1) is 44.1. The molecule has 8 rings (SSSR count). The molecule has 328 valence electrons. The first-order valence-corrected chi connectivity index (χ1v) is 21.1. The Morgan fingerprint density at radius 3 is 2.08 bits per heavy atom. The topological polar surface area (TPSA) is 198 Å². The number of Topliss-reactive ketones (excluding diaryl/α,β-unsaturated/α-hetero) is 1. The zero-order chi connectivity index (χ0) is 44.7. The van der Waals surface area contributed by atoms with Crippen molar-refractivity contribution in [2.24, 2.45) is 22.2 Å². The fraction of sp³-hybridized carbons (Fsp3) is 0.574. The van der Waals surface area contributed by atoms with Crippen molar-refractivity contribution in [1.82, 2.24) is 0 Å². The number of carbonyl (C=O) groups excluding carboxylic acids is 6. The third-order valence-electron chi connectivity index (χ3n) is 14.1. The monoisotopic (exact) mass is 844 g/mol. The van der Waals surface area contributed by atoms with Crippen LogP contribution in [-0.4, -0.2) is 99.8 Å². The number of benzene rings is 2. The fourth-order valence-electron chi connectivity index (χ4n) is 12.1. The first-order chi connectivity index (χ1) is 28.7. The Morgan fingerprint density at radius 1 is 0.902 bits per heavy atom. The number of carbonyl (C=O) groups is 6. The molecule has 1 heterocycles. The summed E-state index contributed by atoms with van der Waals surface area (Å²) < 4.78 is 36.3. The summed E-state index contributed by atoms with van der Waals surface area (Å²) in [6, 6.07) is 16.6. The molecule has 0 bridgehead atoms. The Morgan fingerprint density at radius 2 is 1.52 bits per heavy atom. The molecular weight excluding hydrogens is 789 g/mol. The highest BCUT2D eigenvalue weighted by Crippen LogP contribution is 2.92. The molecule has 2 N–H and O–H groups in total. The van der Waals surface area contributed by atoms with E-state index < -0.39 is 112 Å². The van der Waals surface area contributed by atoms with Gasteiger partial charge in [-0.1, -0.05) is 69.3 Å². The van der Waals surface area contributed by atoms with E-state index in [1.165, 1.54) is 6.92 Å². The summed E-state index contributed by atoms with van der Waals surface area (Å²) >= 11 is 0. The molecule has 2 aromatic carbocycles. The second-order valence-corrected chi connectivity index (χ2v) is 18.2. The van der Waals surface area contributed by atoms with Gasteiger partial charge in [-0.3, -0.25) is 19.2 Å². The number of ether oxygens (including phenoxy) is 6. The summed E-state index contributed by atoms with van der Waals surface area (Å²) in [5, 5.41) is 25.1. The SMILES string of the molecule is CC.CC(=O)O[C@H]1C(=O)[C@]23C[C@H]2C[C@H]2OC[C@@]2(OC(C)=O)[C@@]32[C@H](OC(=O)c3ccccc3)[C@]3(O)C[C@H](OC(=O)[C@H](O)[C@@H](CC(=O)OC(C)(C)C)c4ccccc4)C(C)=C1[C@]23C. The maximum Gasteiger partial charge on any atom is 0.338 e. The van der Waals surface area contributed by atoms with E-state index in [0.29, 0.717) is 12.0 Å². The highest BCUT2D eigenvalue weighted by molar-refractivity contribution is 6.01. The molecule has 61 heavy (non-hydrogen) atoms. The molecule has 14 heteroatoms. The number of rotatable bonds is 10. The standard InChI is InChI=1S/C45H50O14.C2H6/c1-23-30(56-38(52)34(49)29(26-14-10-8-11-15-26)19-32(48)59-40(4,5)6)21-43(53)39(57-37(51)27-16-12-9-13-17-27)45-41(43,7)33(23)35(55-24(2)46)36(50)42(45)20-28(42)18-31-44(45,22-54-31)58-25(3)47;1-2/h8-17,28-31,34-35,39,49,53H,18-22H2,1-7H3;1-2H3/t28-,29+,30+,31-,34-,35-,39-,41+,42+,43-,44+,45-;/m1./s1. The van der Waals surface area contributed by atoms with E-state index in [1.54, 1.807) is 95.3 Å². The van der Waals surface area contributed by atoms with Crippen LogP contribution >= 0.6 is 0 Å². The molecule has 0 amide bonds. The Labute approximate surface area is 355 Å². The predicted octanol–water partition coefficient (Wildman–Crippen LogP) is 5.11. The maximum atomic E-state index is 15.3. The number of aliphatic hydroxyl groups excluding tert-OH is 1. The van der Waals surface area contributed by atoms with Crippen LogP contribution in [0.2, 0.25) is 0 Å². The van der Waals surface area contributed by atoms with Crippen LogP contribution in [0.15, 0.2) is 71.8 Å². The third kappa shape index (κ3) is 6.13. The molecular formula is C47H56O14. The summed E-state index contributed by atoms with van der Waals surface area (Å²) in [4.78, 5) is 82.7. The largest absolute Gasteiger partial charge is 0.460 e. The smallest absolute Gasteiger partial charge is 0.338 e. The normalized spacial score (nSPS) is 35.9. The van der Waals surface area contributed by atoms with Gasteiger partial charge >= 0.3 is 29.8 Å². The van der Waals surface area contributed by atoms with Gasteiger partial charge in [0.2, 0.25) is 0 Å². The van der Waals surface area contributed by atoms with Gasteiger partial charge < -0.3 is 38.6 Å². The number of hydrogen-bond donors (Lipinski definition) is 2. The molecule has 0 radical (unpaired) electrons. The van der Waals surface area contributed by atoms with E-state index in [0.717, 1.165) is 6.92 Å². The van der Waals surface area contributed by atoms with E-state index >= 15 is 4.79 Å². The van der Waals surface area contributed by atoms with Crippen LogP contribution in [0.4, 0.5) is 0 Å². The zero-order valence-electron chi connectivity index (χ0n) is 36.1. The minimum Gasteiger partial charge on any atom is -0.460 e. The Bertz CT molecular complexity index is 2160. The van der Waals surface area contributed by atoms with Crippen molar-refractivity contribution in [3.05, 3.63) is 82.9 Å². The third-order valence-corrected chi connectivity index (χ3v) is 14.1. The molecule has 12 atom stereocenters. The highest BCUT2D eigenvalue weighted by atomic mass is 16.6. The minimum atomic E-state index is -2.14. The van der Waals surface area contributed by atoms with Crippen molar-refractivity contribution >= 4 is 35.6 Å². The van der Waals surface area contributed by atoms with Gasteiger partial charge in [0.25, 0.3) is 0 Å². The Kier molecular flexibility index (Phi) is 11.0. The highest BCUT2D eigenvalue weighted by Gasteiger charge is 3.03. The van der Waals surface area contributed by atoms with E-state index in [4.69, 9.17) is 28.4 Å². The molecule has 1 aliphatic heterocycles. The number of aliphatic hydroxyl groups is 2. The van der Waals surface area contributed by atoms with E-state index in [2.05, 4.69) is 0 Å². The van der Waals surface area contributed by atoms with Crippen LogP contribution in [0.3, 0.4) is 0 Å². The molecule has 2 spiro atoms. The van der Waals surface area contributed by atoms with Crippen molar-refractivity contribution in [3.63, 3.8) is 0 Å². The summed E-state index contributed by atoms with van der Waals surface area (Å²) in [7, 11) is 0. The van der Waals surface area contributed by atoms with Gasteiger partial charge in [0.1, 0.15) is 29.5 Å². The molecule has 4 saturated carbocycles. The molecule has 2 aromatic rings. The molecule has 0 unspecified atom stereocenters. The summed E-state index contributed by atoms with van der Waals surface area (Å²) in [6.07, 6.45) is -7.23. The van der Waals surface area contributed by atoms with Crippen molar-refractivity contribution in [3.8, 4) is 0 Å².